The largest absolute Gasteiger partial charge is 0.347 e. The van der Waals surface area contributed by atoms with Gasteiger partial charge in [0.05, 0.1) is 12.0 Å². The SMILES string of the molecule is CC(C)CCCCCCCCCCCCCCCOOC(=O)C(C)(C)C. The second-order valence-corrected chi connectivity index (χ2v) is 9.22. The van der Waals surface area contributed by atoms with Gasteiger partial charge in [0.15, 0.2) is 0 Å². The predicted molar refractivity (Wildman–Crippen MR) is 111 cm³/mol. The zero-order valence-corrected chi connectivity index (χ0v) is 18.4. The van der Waals surface area contributed by atoms with Gasteiger partial charge in [-0.05, 0) is 33.1 Å². The Morgan fingerprint density at radius 3 is 1.46 bits per heavy atom. The molecule has 3 heteroatoms. The average molecular weight is 371 g/mol. The summed E-state index contributed by atoms with van der Waals surface area (Å²) in [6, 6.07) is 0. The predicted octanol–water partition coefficient (Wildman–Crippen LogP) is 7.62. The Hall–Kier alpha value is -0.570. The van der Waals surface area contributed by atoms with Gasteiger partial charge in [0.1, 0.15) is 0 Å². The maximum absolute atomic E-state index is 11.5. The topological polar surface area (TPSA) is 35.5 Å². The number of hydrogen-bond donors (Lipinski definition) is 0. The Kier molecular flexibility index (Phi) is 16.2. The molecule has 0 atom stereocenters. The van der Waals surface area contributed by atoms with Crippen LogP contribution in [0.4, 0.5) is 0 Å². The smallest absolute Gasteiger partial charge is 0.298 e. The lowest BCUT2D eigenvalue weighted by atomic mass is 9.98. The second-order valence-electron chi connectivity index (χ2n) is 9.22. The molecule has 0 spiro atoms. The quantitative estimate of drug-likeness (QED) is 0.150. The summed E-state index contributed by atoms with van der Waals surface area (Å²) in [6.45, 7) is 10.6. The summed E-state index contributed by atoms with van der Waals surface area (Å²) in [6.07, 6.45) is 18.8. The van der Waals surface area contributed by atoms with E-state index < -0.39 is 5.41 Å². The average Bonchev–Trinajstić information content (AvgIpc) is 2.56. The standard InChI is InChI=1S/C23H46O3/c1-21(2)19-17-15-13-11-9-7-6-8-10-12-14-16-18-20-25-26-22(24)23(3,4)5/h21H,6-20H2,1-5H3. The zero-order valence-electron chi connectivity index (χ0n) is 18.4. The number of carbonyl (C=O) groups excluding carboxylic acids is 1. The van der Waals surface area contributed by atoms with E-state index >= 15 is 0 Å². The summed E-state index contributed by atoms with van der Waals surface area (Å²) < 4.78 is 0. The number of hydrogen-bond acceptors (Lipinski definition) is 3. The van der Waals surface area contributed by atoms with Crippen LogP contribution in [0.25, 0.3) is 0 Å². The molecule has 26 heavy (non-hydrogen) atoms. The van der Waals surface area contributed by atoms with Crippen molar-refractivity contribution in [3.63, 3.8) is 0 Å². The van der Waals surface area contributed by atoms with Crippen molar-refractivity contribution in [1.82, 2.24) is 0 Å². The Morgan fingerprint density at radius 1 is 0.692 bits per heavy atom. The lowest BCUT2D eigenvalue weighted by Gasteiger charge is -2.14. The molecule has 0 unspecified atom stereocenters. The monoisotopic (exact) mass is 370 g/mol. The molecule has 0 aromatic carbocycles. The number of unbranched alkanes of at least 4 members (excludes halogenated alkanes) is 12. The normalized spacial score (nSPS) is 11.9. The molecule has 0 saturated carbocycles. The minimum atomic E-state index is -0.492. The Balaban J connectivity index is 3.13. The summed E-state index contributed by atoms with van der Waals surface area (Å²) >= 11 is 0. The van der Waals surface area contributed by atoms with Crippen molar-refractivity contribution in [2.75, 3.05) is 6.61 Å². The molecule has 0 aliphatic heterocycles. The highest BCUT2D eigenvalue weighted by molar-refractivity contribution is 5.74. The lowest BCUT2D eigenvalue weighted by molar-refractivity contribution is -0.279. The first kappa shape index (κ1) is 25.4. The molecule has 3 nitrogen and oxygen atoms in total. The van der Waals surface area contributed by atoms with Gasteiger partial charge in [-0.25, -0.2) is 4.79 Å². The van der Waals surface area contributed by atoms with Gasteiger partial charge in [-0.2, -0.15) is 4.89 Å². The van der Waals surface area contributed by atoms with Gasteiger partial charge in [0.2, 0.25) is 0 Å². The molecule has 0 radical (unpaired) electrons. The van der Waals surface area contributed by atoms with Crippen LogP contribution in [0.2, 0.25) is 0 Å². The van der Waals surface area contributed by atoms with Gasteiger partial charge in [-0.3, -0.25) is 4.89 Å². The van der Waals surface area contributed by atoms with Crippen LogP contribution in [0.3, 0.4) is 0 Å². The fourth-order valence-corrected chi connectivity index (χ4v) is 2.88. The first-order valence-electron chi connectivity index (χ1n) is 11.2. The van der Waals surface area contributed by atoms with Crippen LogP contribution in [0, 0.1) is 11.3 Å². The summed E-state index contributed by atoms with van der Waals surface area (Å²) in [5.41, 5.74) is -0.492. The van der Waals surface area contributed by atoms with E-state index in [0.29, 0.717) is 6.61 Å². The van der Waals surface area contributed by atoms with E-state index in [9.17, 15) is 4.79 Å². The van der Waals surface area contributed by atoms with Crippen molar-refractivity contribution in [1.29, 1.82) is 0 Å². The first-order chi connectivity index (χ1) is 12.3. The number of rotatable bonds is 17. The Bertz CT molecular complexity index is 318. The van der Waals surface area contributed by atoms with Crippen molar-refractivity contribution in [2.24, 2.45) is 11.3 Å². The van der Waals surface area contributed by atoms with Crippen molar-refractivity contribution < 1.29 is 14.6 Å². The molecule has 156 valence electrons. The zero-order chi connectivity index (χ0) is 19.7. The molecule has 0 heterocycles. The Morgan fingerprint density at radius 2 is 1.08 bits per heavy atom. The molecule has 0 bridgehead atoms. The van der Waals surface area contributed by atoms with Crippen molar-refractivity contribution in [2.45, 2.75) is 125 Å². The van der Waals surface area contributed by atoms with E-state index in [2.05, 4.69) is 13.8 Å². The molecule has 0 aliphatic carbocycles. The van der Waals surface area contributed by atoms with E-state index in [4.69, 9.17) is 9.78 Å². The summed E-state index contributed by atoms with van der Waals surface area (Å²) in [4.78, 5) is 21.3. The van der Waals surface area contributed by atoms with Gasteiger partial charge in [-0.15, -0.1) is 0 Å². The van der Waals surface area contributed by atoms with E-state index in [-0.39, 0.29) is 5.97 Å². The van der Waals surface area contributed by atoms with Gasteiger partial charge >= 0.3 is 5.97 Å². The van der Waals surface area contributed by atoms with E-state index in [1.807, 2.05) is 20.8 Å². The van der Waals surface area contributed by atoms with Crippen LogP contribution in [-0.4, -0.2) is 12.6 Å². The van der Waals surface area contributed by atoms with Gasteiger partial charge in [0, 0.05) is 0 Å². The van der Waals surface area contributed by atoms with Gasteiger partial charge < -0.3 is 0 Å². The maximum Gasteiger partial charge on any atom is 0.347 e. The maximum atomic E-state index is 11.5. The van der Waals surface area contributed by atoms with Gasteiger partial charge in [-0.1, -0.05) is 97.3 Å². The minimum Gasteiger partial charge on any atom is -0.298 e. The van der Waals surface area contributed by atoms with Crippen LogP contribution < -0.4 is 0 Å². The molecular formula is C23H46O3. The Labute approximate surface area is 163 Å². The molecule has 0 aromatic rings. The minimum absolute atomic E-state index is 0.298. The summed E-state index contributed by atoms with van der Waals surface area (Å²) in [5.74, 6) is 0.571. The highest BCUT2D eigenvalue weighted by atomic mass is 17.2. The van der Waals surface area contributed by atoms with Crippen LogP contribution >= 0.6 is 0 Å². The molecule has 0 N–H and O–H groups in total. The second kappa shape index (κ2) is 16.6. The van der Waals surface area contributed by atoms with Crippen molar-refractivity contribution >= 4 is 5.97 Å². The van der Waals surface area contributed by atoms with Crippen molar-refractivity contribution in [3.05, 3.63) is 0 Å². The van der Waals surface area contributed by atoms with E-state index in [1.165, 1.54) is 77.0 Å². The third-order valence-electron chi connectivity index (χ3n) is 4.76. The molecule has 0 rings (SSSR count). The number of carbonyl (C=O) groups is 1. The van der Waals surface area contributed by atoms with E-state index in [1.54, 1.807) is 0 Å². The highest BCUT2D eigenvalue weighted by Gasteiger charge is 2.24. The molecule has 0 amide bonds. The summed E-state index contributed by atoms with van der Waals surface area (Å²) in [5, 5.41) is 0. The molecular weight excluding hydrogens is 324 g/mol. The first-order valence-corrected chi connectivity index (χ1v) is 11.2. The van der Waals surface area contributed by atoms with Crippen LogP contribution in [-0.2, 0) is 14.6 Å². The van der Waals surface area contributed by atoms with Crippen LogP contribution in [0.1, 0.15) is 125 Å². The molecule has 0 saturated heterocycles. The lowest BCUT2D eigenvalue weighted by Crippen LogP contribution is -2.23. The molecule has 0 fully saturated rings. The fraction of sp³-hybridized carbons (Fsp3) is 0.957. The third-order valence-corrected chi connectivity index (χ3v) is 4.76. The molecule has 0 aliphatic rings. The van der Waals surface area contributed by atoms with E-state index in [0.717, 1.165) is 18.8 Å². The molecule has 0 aromatic heterocycles. The summed E-state index contributed by atoms with van der Waals surface area (Å²) in [7, 11) is 0. The van der Waals surface area contributed by atoms with Gasteiger partial charge in [0.25, 0.3) is 0 Å². The van der Waals surface area contributed by atoms with Crippen molar-refractivity contribution in [3.8, 4) is 0 Å². The van der Waals surface area contributed by atoms with Crippen LogP contribution in [0.5, 0.6) is 0 Å². The third kappa shape index (κ3) is 18.2. The highest BCUT2D eigenvalue weighted by Crippen LogP contribution is 2.16. The fourth-order valence-electron chi connectivity index (χ4n) is 2.88. The van der Waals surface area contributed by atoms with Crippen LogP contribution in [0.15, 0.2) is 0 Å².